The highest BCUT2D eigenvalue weighted by Gasteiger charge is 2.47. The SMILES string of the molecule is COc1cc(C2(NC(=O)c3cc(OC[C@@H]4CCN4C(=O)OC(C)(C)C)ccc3C)CC2)c2cccnc2c1. The molecule has 8 heteroatoms. The fourth-order valence-electron chi connectivity index (χ4n) is 4.84. The van der Waals surface area contributed by atoms with Crippen molar-refractivity contribution in [3.05, 3.63) is 65.4 Å². The van der Waals surface area contributed by atoms with E-state index in [9.17, 15) is 9.59 Å². The van der Waals surface area contributed by atoms with Gasteiger partial charge >= 0.3 is 6.09 Å². The first kappa shape index (κ1) is 25.8. The maximum absolute atomic E-state index is 13.5. The van der Waals surface area contributed by atoms with Crippen molar-refractivity contribution in [3.63, 3.8) is 0 Å². The lowest BCUT2D eigenvalue weighted by Crippen LogP contribution is -2.55. The number of likely N-dealkylation sites (tertiary alicyclic amines) is 1. The number of methoxy groups -OCH3 is 1. The third-order valence-corrected chi connectivity index (χ3v) is 7.22. The van der Waals surface area contributed by atoms with Gasteiger partial charge in [0.1, 0.15) is 23.7 Å². The zero-order chi connectivity index (χ0) is 27.1. The topological polar surface area (TPSA) is 90.0 Å². The first-order valence-corrected chi connectivity index (χ1v) is 13.1. The van der Waals surface area contributed by atoms with Crippen LogP contribution in [-0.2, 0) is 10.3 Å². The smallest absolute Gasteiger partial charge is 0.410 e. The van der Waals surface area contributed by atoms with Crippen LogP contribution in [0, 0.1) is 6.92 Å². The van der Waals surface area contributed by atoms with Gasteiger partial charge in [-0.3, -0.25) is 9.78 Å². The minimum atomic E-state index is -0.538. The number of hydrogen-bond acceptors (Lipinski definition) is 6. The lowest BCUT2D eigenvalue weighted by atomic mass is 9.97. The van der Waals surface area contributed by atoms with Crippen molar-refractivity contribution in [2.75, 3.05) is 20.3 Å². The Balaban J connectivity index is 1.29. The fraction of sp³-hybridized carbons (Fsp3) is 0.433. The first-order chi connectivity index (χ1) is 18.1. The van der Waals surface area contributed by atoms with Crippen LogP contribution in [0.25, 0.3) is 10.9 Å². The summed E-state index contributed by atoms with van der Waals surface area (Å²) in [7, 11) is 1.64. The molecule has 2 fully saturated rings. The van der Waals surface area contributed by atoms with Crippen LogP contribution >= 0.6 is 0 Å². The summed E-state index contributed by atoms with van der Waals surface area (Å²) >= 11 is 0. The number of carbonyl (C=O) groups excluding carboxylic acids is 2. The Morgan fingerprint density at radius 2 is 1.92 bits per heavy atom. The standard InChI is InChI=1S/C30H35N3O5/c1-19-8-9-21(37-18-20-10-14-33(20)28(35)38-29(2,3)4)15-24(19)27(34)32-30(11-12-30)25-16-22(36-5)17-26-23(25)7-6-13-31-26/h6-9,13,15-17,20H,10-12,14,18H2,1-5H3,(H,32,34)/t20-/m0/s1. The number of aromatic nitrogens is 1. The van der Waals surface area contributed by atoms with E-state index in [0.29, 0.717) is 24.5 Å². The molecule has 1 aliphatic carbocycles. The predicted octanol–water partition coefficient (Wildman–Crippen LogP) is 5.36. The number of benzene rings is 2. The van der Waals surface area contributed by atoms with E-state index in [1.165, 1.54) is 0 Å². The van der Waals surface area contributed by atoms with E-state index in [2.05, 4.69) is 10.3 Å². The van der Waals surface area contributed by atoms with Crippen molar-refractivity contribution in [2.24, 2.45) is 0 Å². The van der Waals surface area contributed by atoms with E-state index < -0.39 is 11.1 Å². The van der Waals surface area contributed by atoms with Crippen LogP contribution in [-0.4, -0.2) is 53.8 Å². The molecule has 38 heavy (non-hydrogen) atoms. The molecule has 1 N–H and O–H groups in total. The van der Waals surface area contributed by atoms with Gasteiger partial charge in [0.05, 0.1) is 24.2 Å². The van der Waals surface area contributed by atoms with Crippen molar-refractivity contribution in [2.45, 2.75) is 64.1 Å². The number of fused-ring (bicyclic) bond motifs is 1. The molecule has 2 aromatic carbocycles. The van der Waals surface area contributed by atoms with Crippen LogP contribution in [0.2, 0.25) is 0 Å². The number of hydrogen-bond donors (Lipinski definition) is 1. The number of nitrogens with zero attached hydrogens (tertiary/aromatic N) is 2. The number of ether oxygens (including phenoxy) is 3. The molecular weight excluding hydrogens is 482 g/mol. The Labute approximate surface area is 223 Å². The molecule has 5 rings (SSSR count). The van der Waals surface area contributed by atoms with Crippen molar-refractivity contribution in [1.82, 2.24) is 15.2 Å². The molecule has 2 heterocycles. The van der Waals surface area contributed by atoms with Gasteiger partial charge in [0.2, 0.25) is 0 Å². The average Bonchev–Trinajstić information content (AvgIpc) is 3.62. The van der Waals surface area contributed by atoms with E-state index in [-0.39, 0.29) is 18.0 Å². The number of aryl methyl sites for hydroxylation is 1. The van der Waals surface area contributed by atoms with Gasteiger partial charge in [-0.1, -0.05) is 12.1 Å². The average molecular weight is 518 g/mol. The van der Waals surface area contributed by atoms with Gasteiger partial charge < -0.3 is 24.4 Å². The van der Waals surface area contributed by atoms with Gasteiger partial charge in [0.15, 0.2) is 0 Å². The molecule has 0 bridgehead atoms. The molecule has 2 aliphatic rings. The third kappa shape index (κ3) is 5.26. The molecule has 0 radical (unpaired) electrons. The van der Waals surface area contributed by atoms with Crippen LogP contribution in [0.15, 0.2) is 48.7 Å². The molecular formula is C30H35N3O5. The normalized spacial score (nSPS) is 17.9. The minimum Gasteiger partial charge on any atom is -0.497 e. The highest BCUT2D eigenvalue weighted by molar-refractivity contribution is 5.97. The Bertz CT molecular complexity index is 1380. The van der Waals surface area contributed by atoms with E-state index >= 15 is 0 Å². The Hall–Kier alpha value is -3.81. The Morgan fingerprint density at radius 1 is 1.13 bits per heavy atom. The molecule has 8 nitrogen and oxygen atoms in total. The molecule has 1 atom stereocenters. The van der Waals surface area contributed by atoms with Crippen LogP contribution in [0.1, 0.15) is 61.5 Å². The number of nitrogens with one attached hydrogen (secondary N) is 1. The summed E-state index contributed by atoms with van der Waals surface area (Å²) < 4.78 is 17.0. The third-order valence-electron chi connectivity index (χ3n) is 7.22. The summed E-state index contributed by atoms with van der Waals surface area (Å²) in [6.07, 6.45) is 3.97. The zero-order valence-electron chi connectivity index (χ0n) is 22.7. The molecule has 1 aliphatic heterocycles. The van der Waals surface area contributed by atoms with Gasteiger partial charge in [-0.2, -0.15) is 0 Å². The number of amides is 2. The molecule has 1 aromatic heterocycles. The van der Waals surface area contributed by atoms with Gasteiger partial charge in [-0.05, 0) is 82.3 Å². The Morgan fingerprint density at radius 3 is 2.58 bits per heavy atom. The van der Waals surface area contributed by atoms with Crippen molar-refractivity contribution < 1.29 is 23.8 Å². The summed E-state index contributed by atoms with van der Waals surface area (Å²) in [6.45, 7) is 8.48. The van der Waals surface area contributed by atoms with Crippen LogP contribution in [0.4, 0.5) is 4.79 Å². The summed E-state index contributed by atoms with van der Waals surface area (Å²) in [6, 6.07) is 13.3. The summed E-state index contributed by atoms with van der Waals surface area (Å²) in [4.78, 5) is 32.1. The summed E-state index contributed by atoms with van der Waals surface area (Å²) in [5.74, 6) is 1.16. The molecule has 200 valence electrons. The maximum atomic E-state index is 13.5. The molecule has 1 saturated heterocycles. The van der Waals surface area contributed by atoms with E-state index in [1.807, 2.05) is 64.1 Å². The molecule has 1 saturated carbocycles. The monoisotopic (exact) mass is 517 g/mol. The lowest BCUT2D eigenvalue weighted by Gasteiger charge is -2.41. The maximum Gasteiger partial charge on any atom is 0.410 e. The van der Waals surface area contributed by atoms with Crippen LogP contribution < -0.4 is 14.8 Å². The van der Waals surface area contributed by atoms with Crippen LogP contribution in [0.5, 0.6) is 11.5 Å². The molecule has 0 spiro atoms. The van der Waals surface area contributed by atoms with Crippen LogP contribution in [0.3, 0.4) is 0 Å². The minimum absolute atomic E-state index is 0.0480. The van der Waals surface area contributed by atoms with Crippen molar-refractivity contribution in [1.29, 1.82) is 0 Å². The molecule has 3 aromatic rings. The largest absolute Gasteiger partial charge is 0.497 e. The lowest BCUT2D eigenvalue weighted by molar-refractivity contribution is -0.0141. The van der Waals surface area contributed by atoms with Gasteiger partial charge in [-0.15, -0.1) is 0 Å². The van der Waals surface area contributed by atoms with E-state index in [4.69, 9.17) is 14.2 Å². The molecule has 2 amide bonds. The van der Waals surface area contributed by atoms with Crippen molar-refractivity contribution in [3.8, 4) is 11.5 Å². The van der Waals surface area contributed by atoms with E-state index in [0.717, 1.165) is 47.0 Å². The summed E-state index contributed by atoms with van der Waals surface area (Å²) in [5, 5.41) is 4.30. The van der Waals surface area contributed by atoms with Crippen molar-refractivity contribution >= 4 is 22.9 Å². The first-order valence-electron chi connectivity index (χ1n) is 13.1. The van der Waals surface area contributed by atoms with Gasteiger partial charge in [-0.25, -0.2) is 4.79 Å². The second-order valence-electron chi connectivity index (χ2n) is 11.2. The highest BCUT2D eigenvalue weighted by Crippen LogP contribution is 2.49. The number of pyridine rings is 1. The Kier molecular flexibility index (Phi) is 6.67. The number of rotatable bonds is 7. The van der Waals surface area contributed by atoms with E-state index in [1.54, 1.807) is 24.3 Å². The predicted molar refractivity (Wildman–Crippen MR) is 145 cm³/mol. The van der Waals surface area contributed by atoms with Gasteiger partial charge in [0.25, 0.3) is 5.91 Å². The quantitative estimate of drug-likeness (QED) is 0.454. The van der Waals surface area contributed by atoms with Gasteiger partial charge in [0, 0.05) is 29.8 Å². The molecule has 0 unspecified atom stereocenters. The second kappa shape index (κ2) is 9.82. The highest BCUT2D eigenvalue weighted by atomic mass is 16.6. The fourth-order valence-corrected chi connectivity index (χ4v) is 4.84. The number of carbonyl (C=O) groups is 2. The summed E-state index contributed by atoms with van der Waals surface area (Å²) in [5.41, 5.74) is 2.29. The zero-order valence-corrected chi connectivity index (χ0v) is 22.7. The second-order valence-corrected chi connectivity index (χ2v) is 11.2.